The molecule has 25 heavy (non-hydrogen) atoms. The van der Waals surface area contributed by atoms with E-state index in [1.165, 1.54) is 23.9 Å². The minimum Gasteiger partial charge on any atom is -0.319 e. The quantitative estimate of drug-likeness (QED) is 0.404. The van der Waals surface area contributed by atoms with Crippen molar-refractivity contribution in [1.29, 1.82) is 0 Å². The van der Waals surface area contributed by atoms with Gasteiger partial charge in [-0.1, -0.05) is 42.5 Å². The van der Waals surface area contributed by atoms with E-state index in [2.05, 4.69) is 5.32 Å². The van der Waals surface area contributed by atoms with Crippen LogP contribution in [0.3, 0.4) is 0 Å². The lowest BCUT2D eigenvalue weighted by Crippen LogP contribution is -2.22. The Morgan fingerprint density at radius 3 is 2.48 bits per heavy atom. The molecule has 5 nitrogen and oxygen atoms in total. The van der Waals surface area contributed by atoms with Crippen molar-refractivity contribution < 1.29 is 9.72 Å². The zero-order valence-electron chi connectivity index (χ0n) is 13.5. The minimum absolute atomic E-state index is 0.112. The highest BCUT2D eigenvalue weighted by Crippen LogP contribution is 2.29. The summed E-state index contributed by atoms with van der Waals surface area (Å²) in [7, 11) is 0. The zero-order chi connectivity index (χ0) is 17.8. The maximum atomic E-state index is 12.4. The van der Waals surface area contributed by atoms with Gasteiger partial charge in [0, 0.05) is 11.0 Å². The third-order valence-electron chi connectivity index (χ3n) is 3.76. The van der Waals surface area contributed by atoms with Crippen LogP contribution in [-0.2, 0) is 4.79 Å². The molecule has 0 saturated carbocycles. The van der Waals surface area contributed by atoms with E-state index in [4.69, 9.17) is 0 Å². The smallest absolute Gasteiger partial charge is 0.292 e. The maximum absolute atomic E-state index is 12.4. The summed E-state index contributed by atoms with van der Waals surface area (Å²) in [5.41, 5.74) is 0.0993. The molecule has 0 fully saturated rings. The van der Waals surface area contributed by atoms with Crippen molar-refractivity contribution in [3.05, 3.63) is 76.8 Å². The Morgan fingerprint density at radius 1 is 1.04 bits per heavy atom. The number of nitrogens with one attached hydrogen (secondary N) is 1. The van der Waals surface area contributed by atoms with Gasteiger partial charge in [-0.15, -0.1) is 11.8 Å². The number of hydrogen-bond acceptors (Lipinski definition) is 4. The Kier molecular flexibility index (Phi) is 5.00. The van der Waals surface area contributed by atoms with Crippen molar-refractivity contribution in [2.24, 2.45) is 0 Å². The molecule has 3 aromatic rings. The van der Waals surface area contributed by atoms with Gasteiger partial charge in [0.2, 0.25) is 5.91 Å². The topological polar surface area (TPSA) is 72.2 Å². The highest BCUT2D eigenvalue weighted by molar-refractivity contribution is 8.00. The van der Waals surface area contributed by atoms with E-state index in [1.807, 2.05) is 42.5 Å². The predicted octanol–water partition coefficient (Wildman–Crippen LogP) is 4.87. The molecule has 1 unspecified atom stereocenters. The molecule has 0 saturated heterocycles. The van der Waals surface area contributed by atoms with Gasteiger partial charge in [-0.05, 0) is 35.9 Å². The van der Waals surface area contributed by atoms with Crippen LogP contribution in [0.2, 0.25) is 0 Å². The lowest BCUT2D eigenvalue weighted by atomic mass is 10.1. The van der Waals surface area contributed by atoms with E-state index in [9.17, 15) is 14.9 Å². The first-order valence-electron chi connectivity index (χ1n) is 7.74. The SMILES string of the molecule is CC(Sc1ccc2ccccc2c1)C(=O)Nc1ccccc1[N+](=O)[O-]. The van der Waals surface area contributed by atoms with Crippen LogP contribution in [-0.4, -0.2) is 16.1 Å². The Balaban J connectivity index is 1.73. The standard InChI is InChI=1S/C19H16N2O3S/c1-13(19(22)20-17-8-4-5-9-18(17)21(23)24)25-16-11-10-14-6-2-3-7-15(14)12-16/h2-13H,1H3,(H,20,22). The van der Waals surface area contributed by atoms with Crippen LogP contribution in [0.25, 0.3) is 10.8 Å². The van der Waals surface area contributed by atoms with Gasteiger partial charge in [-0.2, -0.15) is 0 Å². The fraction of sp³-hybridized carbons (Fsp3) is 0.105. The maximum Gasteiger partial charge on any atom is 0.292 e. The van der Waals surface area contributed by atoms with Crippen LogP contribution < -0.4 is 5.32 Å². The molecule has 126 valence electrons. The van der Waals surface area contributed by atoms with Gasteiger partial charge in [0.25, 0.3) is 5.69 Å². The van der Waals surface area contributed by atoms with E-state index in [-0.39, 0.29) is 22.5 Å². The van der Waals surface area contributed by atoms with E-state index in [0.717, 1.165) is 15.7 Å². The van der Waals surface area contributed by atoms with E-state index in [0.29, 0.717) is 0 Å². The molecule has 1 amide bonds. The molecule has 1 atom stereocenters. The number of carbonyl (C=O) groups excluding carboxylic acids is 1. The van der Waals surface area contributed by atoms with Crippen molar-refractivity contribution in [3.63, 3.8) is 0 Å². The summed E-state index contributed by atoms with van der Waals surface area (Å²) in [5, 5.41) is 15.5. The first-order chi connectivity index (χ1) is 12.0. The second-order valence-corrected chi connectivity index (χ2v) is 6.95. The Hall–Kier alpha value is -2.86. The van der Waals surface area contributed by atoms with Gasteiger partial charge in [0.1, 0.15) is 5.69 Å². The van der Waals surface area contributed by atoms with E-state index in [1.54, 1.807) is 19.1 Å². The summed E-state index contributed by atoms with van der Waals surface area (Å²) in [4.78, 5) is 23.9. The number of rotatable bonds is 5. The van der Waals surface area contributed by atoms with Crippen LogP contribution >= 0.6 is 11.8 Å². The fourth-order valence-electron chi connectivity index (χ4n) is 2.47. The Morgan fingerprint density at radius 2 is 1.72 bits per heavy atom. The fourth-order valence-corrected chi connectivity index (χ4v) is 3.39. The van der Waals surface area contributed by atoms with E-state index < -0.39 is 4.92 Å². The molecule has 3 rings (SSSR count). The Labute approximate surface area is 149 Å². The van der Waals surface area contributed by atoms with Gasteiger partial charge in [-0.25, -0.2) is 0 Å². The highest BCUT2D eigenvalue weighted by atomic mass is 32.2. The third kappa shape index (κ3) is 3.97. The molecular formula is C19H16N2O3S. The van der Waals surface area contributed by atoms with Crippen molar-refractivity contribution in [1.82, 2.24) is 0 Å². The van der Waals surface area contributed by atoms with Crippen LogP contribution in [0.1, 0.15) is 6.92 Å². The average Bonchev–Trinajstić information content (AvgIpc) is 2.61. The lowest BCUT2D eigenvalue weighted by molar-refractivity contribution is -0.383. The number of thioether (sulfide) groups is 1. The van der Waals surface area contributed by atoms with Gasteiger partial charge in [-0.3, -0.25) is 14.9 Å². The summed E-state index contributed by atoms with van der Waals surface area (Å²) in [6.45, 7) is 1.78. The van der Waals surface area contributed by atoms with Crippen molar-refractivity contribution >= 4 is 39.8 Å². The zero-order valence-corrected chi connectivity index (χ0v) is 14.3. The molecule has 0 aliphatic carbocycles. The molecule has 6 heteroatoms. The second-order valence-electron chi connectivity index (χ2n) is 5.53. The van der Waals surface area contributed by atoms with Crippen LogP contribution in [0.4, 0.5) is 11.4 Å². The number of benzene rings is 3. The van der Waals surface area contributed by atoms with Gasteiger partial charge in [0.15, 0.2) is 0 Å². The second kappa shape index (κ2) is 7.36. The summed E-state index contributed by atoms with van der Waals surface area (Å²) >= 11 is 1.42. The average molecular weight is 352 g/mol. The molecule has 0 heterocycles. The number of fused-ring (bicyclic) bond motifs is 1. The van der Waals surface area contributed by atoms with Gasteiger partial charge in [0.05, 0.1) is 10.2 Å². The Bertz CT molecular complexity index is 943. The normalized spacial score (nSPS) is 11.9. The highest BCUT2D eigenvalue weighted by Gasteiger charge is 2.19. The third-order valence-corrected chi connectivity index (χ3v) is 4.86. The summed E-state index contributed by atoms with van der Waals surface area (Å²) < 4.78 is 0. The number of para-hydroxylation sites is 2. The molecule has 0 bridgehead atoms. The number of nitrogens with zero attached hydrogens (tertiary/aromatic N) is 1. The van der Waals surface area contributed by atoms with Crippen LogP contribution in [0.15, 0.2) is 71.6 Å². The van der Waals surface area contributed by atoms with E-state index >= 15 is 0 Å². The lowest BCUT2D eigenvalue weighted by Gasteiger charge is -2.12. The van der Waals surface area contributed by atoms with Crippen LogP contribution in [0.5, 0.6) is 0 Å². The molecule has 0 spiro atoms. The number of hydrogen-bond donors (Lipinski definition) is 1. The van der Waals surface area contributed by atoms with Gasteiger partial charge >= 0.3 is 0 Å². The van der Waals surface area contributed by atoms with Crippen LogP contribution in [0, 0.1) is 10.1 Å². The molecular weight excluding hydrogens is 336 g/mol. The van der Waals surface area contributed by atoms with Crippen molar-refractivity contribution in [2.75, 3.05) is 5.32 Å². The molecule has 0 aliphatic heterocycles. The molecule has 0 aliphatic rings. The number of nitro benzene ring substituents is 1. The molecule has 3 aromatic carbocycles. The largest absolute Gasteiger partial charge is 0.319 e. The predicted molar refractivity (Wildman–Crippen MR) is 101 cm³/mol. The van der Waals surface area contributed by atoms with Crippen molar-refractivity contribution in [2.45, 2.75) is 17.1 Å². The first kappa shape index (κ1) is 17.0. The number of carbonyl (C=O) groups is 1. The monoisotopic (exact) mass is 352 g/mol. The molecule has 0 aromatic heterocycles. The summed E-state index contributed by atoms with van der Waals surface area (Å²) in [5.74, 6) is -0.271. The minimum atomic E-state index is -0.503. The first-order valence-corrected chi connectivity index (χ1v) is 8.62. The molecule has 1 N–H and O–H groups in total. The summed E-state index contributed by atoms with van der Waals surface area (Å²) in [6, 6.07) is 20.2. The number of amides is 1. The molecule has 0 radical (unpaired) electrons. The number of anilines is 1. The summed E-state index contributed by atoms with van der Waals surface area (Å²) in [6.07, 6.45) is 0. The number of nitro groups is 1. The van der Waals surface area contributed by atoms with Crippen molar-refractivity contribution in [3.8, 4) is 0 Å². The van der Waals surface area contributed by atoms with Gasteiger partial charge < -0.3 is 5.32 Å².